The van der Waals surface area contributed by atoms with Crippen molar-refractivity contribution in [2.75, 3.05) is 18.6 Å². The van der Waals surface area contributed by atoms with Gasteiger partial charge in [0.15, 0.2) is 0 Å². The van der Waals surface area contributed by atoms with E-state index in [9.17, 15) is 4.79 Å². The summed E-state index contributed by atoms with van der Waals surface area (Å²) in [4.78, 5) is 11.8. The van der Waals surface area contributed by atoms with Crippen LogP contribution in [-0.2, 0) is 9.53 Å². The van der Waals surface area contributed by atoms with Crippen LogP contribution in [0.2, 0.25) is 5.02 Å². The Kier molecular flexibility index (Phi) is 5.49. The third-order valence-electron chi connectivity index (χ3n) is 1.99. The zero-order valence-electron chi connectivity index (χ0n) is 9.03. The van der Waals surface area contributed by atoms with Crippen LogP contribution in [0.4, 0.5) is 5.69 Å². The number of benzene rings is 1. The Morgan fingerprint density at radius 1 is 1.56 bits per heavy atom. The van der Waals surface area contributed by atoms with Crippen LogP contribution in [-0.4, -0.2) is 18.8 Å². The van der Waals surface area contributed by atoms with Crippen molar-refractivity contribution in [2.45, 2.75) is 17.7 Å². The molecule has 0 fully saturated rings. The number of carbonyl (C=O) groups is 1. The molecule has 0 spiro atoms. The maximum atomic E-state index is 10.9. The van der Waals surface area contributed by atoms with Gasteiger partial charge in [-0.2, -0.15) is 0 Å². The van der Waals surface area contributed by atoms with E-state index in [-0.39, 0.29) is 5.97 Å². The summed E-state index contributed by atoms with van der Waals surface area (Å²) in [6.45, 7) is 0. The van der Waals surface area contributed by atoms with Crippen molar-refractivity contribution in [1.29, 1.82) is 0 Å². The van der Waals surface area contributed by atoms with Gasteiger partial charge in [-0.25, -0.2) is 0 Å². The first kappa shape index (κ1) is 13.2. The number of methoxy groups -OCH3 is 1. The smallest absolute Gasteiger partial charge is 0.305 e. The Balaban J connectivity index is 2.37. The van der Waals surface area contributed by atoms with Crippen molar-refractivity contribution < 1.29 is 9.53 Å². The molecule has 0 saturated carbocycles. The van der Waals surface area contributed by atoms with Crippen LogP contribution < -0.4 is 5.73 Å². The summed E-state index contributed by atoms with van der Waals surface area (Å²) in [5.74, 6) is 0.638. The molecule has 2 N–H and O–H groups in total. The number of rotatable bonds is 5. The molecule has 0 amide bonds. The summed E-state index contributed by atoms with van der Waals surface area (Å²) >= 11 is 7.46. The highest BCUT2D eigenvalue weighted by Gasteiger charge is 2.03. The van der Waals surface area contributed by atoms with Crippen LogP contribution >= 0.6 is 23.4 Å². The summed E-state index contributed by atoms with van der Waals surface area (Å²) in [5.41, 5.74) is 6.50. The zero-order valence-corrected chi connectivity index (χ0v) is 10.6. The van der Waals surface area contributed by atoms with Gasteiger partial charge < -0.3 is 10.5 Å². The van der Waals surface area contributed by atoms with Crippen LogP contribution in [0.5, 0.6) is 0 Å². The Bertz CT molecular complexity index is 371. The topological polar surface area (TPSA) is 52.3 Å². The molecule has 0 aromatic heterocycles. The van der Waals surface area contributed by atoms with Gasteiger partial charge in [0.05, 0.1) is 7.11 Å². The van der Waals surface area contributed by atoms with E-state index in [0.29, 0.717) is 17.1 Å². The highest BCUT2D eigenvalue weighted by atomic mass is 35.5. The number of thioether (sulfide) groups is 1. The van der Waals surface area contributed by atoms with Crippen LogP contribution in [0.3, 0.4) is 0 Å². The first-order valence-corrected chi connectivity index (χ1v) is 6.24. The van der Waals surface area contributed by atoms with Gasteiger partial charge in [0, 0.05) is 22.0 Å². The molecular weight excluding hydrogens is 246 g/mol. The van der Waals surface area contributed by atoms with Crippen molar-refractivity contribution in [3.63, 3.8) is 0 Å². The number of carbonyl (C=O) groups excluding carboxylic acids is 1. The molecule has 0 aliphatic rings. The number of hydrogen-bond acceptors (Lipinski definition) is 4. The number of halogens is 1. The lowest BCUT2D eigenvalue weighted by Crippen LogP contribution is -2.00. The van der Waals surface area contributed by atoms with Crippen LogP contribution in [0.25, 0.3) is 0 Å². The van der Waals surface area contributed by atoms with Gasteiger partial charge in [-0.15, -0.1) is 11.8 Å². The predicted octanol–water partition coefficient (Wildman–Crippen LogP) is 2.97. The minimum atomic E-state index is -0.181. The van der Waals surface area contributed by atoms with Gasteiger partial charge in [-0.1, -0.05) is 11.6 Å². The molecule has 0 aliphatic heterocycles. The van der Waals surface area contributed by atoms with Crippen LogP contribution in [0, 0.1) is 0 Å². The highest BCUT2D eigenvalue weighted by molar-refractivity contribution is 7.99. The van der Waals surface area contributed by atoms with Crippen molar-refractivity contribution >= 4 is 35.0 Å². The Morgan fingerprint density at radius 3 is 3.00 bits per heavy atom. The van der Waals surface area contributed by atoms with Crippen molar-refractivity contribution in [2.24, 2.45) is 0 Å². The third-order valence-corrected chi connectivity index (χ3v) is 3.38. The molecule has 1 aromatic rings. The van der Waals surface area contributed by atoms with E-state index in [4.69, 9.17) is 17.3 Å². The molecule has 0 bridgehead atoms. The molecule has 0 atom stereocenters. The second kappa shape index (κ2) is 6.66. The fourth-order valence-electron chi connectivity index (χ4n) is 1.13. The molecule has 0 unspecified atom stereocenters. The van der Waals surface area contributed by atoms with E-state index in [2.05, 4.69) is 4.74 Å². The molecular formula is C11H14ClNO2S. The average molecular weight is 260 g/mol. The number of nitrogens with two attached hydrogens (primary N) is 1. The van der Waals surface area contributed by atoms with Crippen molar-refractivity contribution in [3.8, 4) is 0 Å². The number of esters is 1. The summed E-state index contributed by atoms with van der Waals surface area (Å²) in [7, 11) is 1.39. The summed E-state index contributed by atoms with van der Waals surface area (Å²) < 4.78 is 4.55. The number of ether oxygens (including phenoxy) is 1. The minimum Gasteiger partial charge on any atom is -0.469 e. The van der Waals surface area contributed by atoms with E-state index in [0.717, 1.165) is 17.1 Å². The Hall–Kier alpha value is -0.870. The van der Waals surface area contributed by atoms with E-state index >= 15 is 0 Å². The number of anilines is 1. The van der Waals surface area contributed by atoms with Crippen molar-refractivity contribution in [1.82, 2.24) is 0 Å². The van der Waals surface area contributed by atoms with E-state index in [1.165, 1.54) is 7.11 Å². The second-order valence-electron chi connectivity index (χ2n) is 3.21. The van der Waals surface area contributed by atoms with Gasteiger partial charge in [0.1, 0.15) is 0 Å². The first-order chi connectivity index (χ1) is 7.63. The van der Waals surface area contributed by atoms with Crippen LogP contribution in [0.1, 0.15) is 12.8 Å². The van der Waals surface area contributed by atoms with E-state index in [1.54, 1.807) is 23.9 Å². The average Bonchev–Trinajstić information content (AvgIpc) is 2.28. The molecule has 3 nitrogen and oxygen atoms in total. The molecule has 1 rings (SSSR count). The molecule has 1 aromatic carbocycles. The van der Waals surface area contributed by atoms with Gasteiger partial charge in [-0.05, 0) is 30.4 Å². The Labute approximate surface area is 104 Å². The maximum absolute atomic E-state index is 10.9. The Morgan fingerprint density at radius 2 is 2.31 bits per heavy atom. The molecule has 5 heteroatoms. The lowest BCUT2D eigenvalue weighted by Gasteiger charge is -2.05. The normalized spacial score (nSPS) is 10.1. The molecule has 0 heterocycles. The molecule has 0 radical (unpaired) electrons. The quantitative estimate of drug-likeness (QED) is 0.382. The lowest BCUT2D eigenvalue weighted by atomic mass is 10.3. The largest absolute Gasteiger partial charge is 0.469 e. The summed E-state index contributed by atoms with van der Waals surface area (Å²) in [6.07, 6.45) is 1.20. The second-order valence-corrected chi connectivity index (χ2v) is 4.78. The van der Waals surface area contributed by atoms with E-state index in [1.807, 2.05) is 6.07 Å². The minimum absolute atomic E-state index is 0.181. The van der Waals surface area contributed by atoms with Gasteiger partial charge in [-0.3, -0.25) is 4.79 Å². The third kappa shape index (κ3) is 4.33. The fourth-order valence-corrected chi connectivity index (χ4v) is 2.32. The van der Waals surface area contributed by atoms with Crippen LogP contribution in [0.15, 0.2) is 23.1 Å². The highest BCUT2D eigenvalue weighted by Crippen LogP contribution is 2.28. The summed E-state index contributed by atoms with van der Waals surface area (Å²) in [6, 6.07) is 5.38. The van der Waals surface area contributed by atoms with Crippen molar-refractivity contribution in [3.05, 3.63) is 23.2 Å². The first-order valence-electron chi connectivity index (χ1n) is 4.88. The number of nitrogen functional groups attached to an aromatic ring is 1. The molecule has 88 valence electrons. The van der Waals surface area contributed by atoms with E-state index < -0.39 is 0 Å². The standard InChI is InChI=1S/C11H14ClNO2S/c1-15-11(14)3-2-6-16-10-7-8(12)4-5-9(10)13/h4-5,7H,2-3,6,13H2,1H3. The fraction of sp³-hybridized carbons (Fsp3) is 0.364. The molecule has 16 heavy (non-hydrogen) atoms. The predicted molar refractivity (Wildman–Crippen MR) is 67.8 cm³/mol. The summed E-state index contributed by atoms with van der Waals surface area (Å²) in [5, 5.41) is 0.671. The monoisotopic (exact) mass is 259 g/mol. The van der Waals surface area contributed by atoms with Gasteiger partial charge >= 0.3 is 5.97 Å². The molecule has 0 saturated heterocycles. The molecule has 0 aliphatic carbocycles. The number of hydrogen-bond donors (Lipinski definition) is 1. The SMILES string of the molecule is COC(=O)CCCSc1cc(Cl)ccc1N. The van der Waals surface area contributed by atoms with Gasteiger partial charge in [0.25, 0.3) is 0 Å². The van der Waals surface area contributed by atoms with Gasteiger partial charge in [0.2, 0.25) is 0 Å². The maximum Gasteiger partial charge on any atom is 0.305 e. The zero-order chi connectivity index (χ0) is 12.0. The lowest BCUT2D eigenvalue weighted by molar-refractivity contribution is -0.140.